The van der Waals surface area contributed by atoms with Crippen LogP contribution >= 0.6 is 0 Å². The summed E-state index contributed by atoms with van der Waals surface area (Å²) in [6, 6.07) is 18.4. The van der Waals surface area contributed by atoms with Crippen molar-refractivity contribution in [2.24, 2.45) is 5.92 Å². The molecule has 2 atom stereocenters. The Morgan fingerprint density at radius 2 is 1.89 bits per heavy atom. The first-order chi connectivity index (χ1) is 17.1. The number of piperidine rings is 1. The van der Waals surface area contributed by atoms with Crippen LogP contribution in [0.1, 0.15) is 28.8 Å². The number of fused-ring (bicyclic) bond motifs is 2. The Hall–Kier alpha value is -3.35. The van der Waals surface area contributed by atoms with Crippen LogP contribution in [0.2, 0.25) is 0 Å². The molecule has 0 aliphatic carbocycles. The maximum atomic E-state index is 13.5. The van der Waals surface area contributed by atoms with E-state index in [1.54, 1.807) is 13.4 Å². The van der Waals surface area contributed by atoms with Crippen LogP contribution in [0.25, 0.3) is 22.1 Å². The number of amides is 1. The lowest BCUT2D eigenvalue weighted by Crippen LogP contribution is -2.54. The topological polar surface area (TPSA) is 50.9 Å². The third kappa shape index (κ3) is 3.51. The summed E-state index contributed by atoms with van der Waals surface area (Å²) in [4.78, 5) is 17.9. The number of ether oxygens (including phenoxy) is 1. The lowest BCUT2D eigenvalue weighted by atomic mass is 9.79. The van der Waals surface area contributed by atoms with E-state index in [0.29, 0.717) is 0 Å². The van der Waals surface area contributed by atoms with Gasteiger partial charge in [0.25, 0.3) is 5.91 Å². The molecule has 180 valence electrons. The average molecular weight is 470 g/mol. The van der Waals surface area contributed by atoms with Crippen molar-refractivity contribution in [3.8, 4) is 11.1 Å². The third-order valence-electron chi connectivity index (χ3n) is 7.93. The number of rotatable bonds is 6. The molecule has 0 radical (unpaired) electrons. The number of nitrogens with zero attached hydrogens (tertiary/aromatic N) is 3. The molecule has 6 nitrogen and oxygen atoms in total. The van der Waals surface area contributed by atoms with E-state index < -0.39 is 5.72 Å². The number of methoxy groups -OCH3 is 1. The zero-order valence-electron chi connectivity index (χ0n) is 20.3. The molecule has 2 unspecified atom stereocenters. The summed E-state index contributed by atoms with van der Waals surface area (Å²) in [6.07, 6.45) is 8.03. The molecule has 2 aliphatic rings. The first kappa shape index (κ1) is 22.1. The molecule has 1 amide bonds. The van der Waals surface area contributed by atoms with Crippen LogP contribution in [-0.2, 0) is 17.0 Å². The van der Waals surface area contributed by atoms with Crippen LogP contribution in [-0.4, -0.2) is 54.1 Å². The molecule has 0 N–H and O–H groups in total. The molecular weight excluding hydrogens is 438 g/mol. The Balaban J connectivity index is 1.40. The van der Waals surface area contributed by atoms with Gasteiger partial charge in [-0.1, -0.05) is 24.3 Å². The first-order valence-corrected chi connectivity index (χ1v) is 12.4. The van der Waals surface area contributed by atoms with E-state index in [0.717, 1.165) is 72.2 Å². The van der Waals surface area contributed by atoms with Gasteiger partial charge in [-0.3, -0.25) is 4.79 Å². The fraction of sp³-hybridized carbons (Fsp3) is 0.345. The molecule has 0 saturated carbocycles. The fourth-order valence-electron chi connectivity index (χ4n) is 6.22. The Morgan fingerprint density at radius 3 is 2.71 bits per heavy atom. The van der Waals surface area contributed by atoms with Gasteiger partial charge in [0.2, 0.25) is 0 Å². The number of hydrogen-bond acceptors (Lipinski definition) is 4. The number of benzene rings is 2. The number of carbonyl (C=O) groups excluding carboxylic acids is 1. The van der Waals surface area contributed by atoms with Crippen LogP contribution in [0.4, 0.5) is 0 Å². The van der Waals surface area contributed by atoms with Crippen molar-refractivity contribution in [1.29, 1.82) is 0 Å². The predicted molar refractivity (Wildman–Crippen MR) is 136 cm³/mol. The third-order valence-corrected chi connectivity index (χ3v) is 7.93. The average Bonchev–Trinajstić information content (AvgIpc) is 3.63. The first-order valence-electron chi connectivity index (χ1n) is 12.4. The second-order valence-electron chi connectivity index (χ2n) is 9.73. The highest BCUT2D eigenvalue weighted by atomic mass is 16.5. The largest absolute Gasteiger partial charge is 0.464 e. The van der Waals surface area contributed by atoms with Gasteiger partial charge in [0.05, 0.1) is 6.26 Å². The number of hydrogen-bond donors (Lipinski definition) is 0. The normalized spacial score (nSPS) is 22.7. The fourth-order valence-corrected chi connectivity index (χ4v) is 6.22. The standard InChI is InChI=1S/C29H31N3O3/c1-30-28(33)25-9-5-8-24(22-11-10-21-12-18-35-26(21)19-22)27(25)29(30,34-2)23-7-6-15-32(20-23)17-16-31-13-3-4-14-31/h3-5,8-14,18-19,23H,6-7,15-17,20H2,1-2H3. The predicted octanol–water partition coefficient (Wildman–Crippen LogP) is 5.20. The van der Waals surface area contributed by atoms with Gasteiger partial charge >= 0.3 is 0 Å². The van der Waals surface area contributed by atoms with E-state index in [2.05, 4.69) is 58.3 Å². The molecule has 0 spiro atoms. The highest BCUT2D eigenvalue weighted by Gasteiger charge is 2.55. The molecule has 0 bridgehead atoms. The molecule has 4 heterocycles. The van der Waals surface area contributed by atoms with Gasteiger partial charge in [-0.25, -0.2) is 0 Å². The lowest BCUT2D eigenvalue weighted by Gasteiger charge is -2.46. The zero-order valence-corrected chi connectivity index (χ0v) is 20.3. The second kappa shape index (κ2) is 8.70. The summed E-state index contributed by atoms with van der Waals surface area (Å²) in [5, 5.41) is 1.07. The lowest BCUT2D eigenvalue weighted by molar-refractivity contribution is -0.159. The summed E-state index contributed by atoms with van der Waals surface area (Å²) >= 11 is 0. The molecular formula is C29H31N3O3. The van der Waals surface area contributed by atoms with Crippen molar-refractivity contribution in [3.05, 3.63) is 84.4 Å². The Morgan fingerprint density at radius 1 is 1.06 bits per heavy atom. The van der Waals surface area contributed by atoms with Crippen LogP contribution in [0.3, 0.4) is 0 Å². The molecule has 2 aromatic heterocycles. The van der Waals surface area contributed by atoms with Gasteiger partial charge in [0, 0.05) is 68.6 Å². The van der Waals surface area contributed by atoms with Crippen LogP contribution in [0.15, 0.2) is 77.7 Å². The van der Waals surface area contributed by atoms with Crippen LogP contribution in [0, 0.1) is 5.92 Å². The van der Waals surface area contributed by atoms with E-state index in [-0.39, 0.29) is 11.8 Å². The van der Waals surface area contributed by atoms with Gasteiger partial charge in [-0.15, -0.1) is 0 Å². The molecule has 2 aliphatic heterocycles. The van der Waals surface area contributed by atoms with Crippen molar-refractivity contribution in [1.82, 2.24) is 14.4 Å². The van der Waals surface area contributed by atoms with Gasteiger partial charge in [0.1, 0.15) is 5.58 Å². The van der Waals surface area contributed by atoms with Crippen LogP contribution < -0.4 is 0 Å². The summed E-state index contributed by atoms with van der Waals surface area (Å²) < 4.78 is 14.3. The minimum atomic E-state index is -0.812. The summed E-state index contributed by atoms with van der Waals surface area (Å²) in [5.41, 5.74) is 3.82. The smallest absolute Gasteiger partial charge is 0.256 e. The van der Waals surface area contributed by atoms with E-state index in [1.807, 2.05) is 30.1 Å². The molecule has 1 fully saturated rings. The zero-order chi connectivity index (χ0) is 24.0. The Labute approximate surface area is 205 Å². The summed E-state index contributed by atoms with van der Waals surface area (Å²) in [7, 11) is 3.65. The van der Waals surface area contributed by atoms with E-state index >= 15 is 0 Å². The molecule has 6 heteroatoms. The Kier molecular flexibility index (Phi) is 5.50. The molecule has 6 rings (SSSR count). The molecule has 1 saturated heterocycles. The van der Waals surface area contributed by atoms with E-state index in [1.165, 1.54) is 0 Å². The maximum absolute atomic E-state index is 13.5. The van der Waals surface area contributed by atoms with Gasteiger partial charge < -0.3 is 23.5 Å². The highest BCUT2D eigenvalue weighted by Crippen LogP contribution is 2.50. The second-order valence-corrected chi connectivity index (χ2v) is 9.73. The van der Waals surface area contributed by atoms with Gasteiger partial charge in [-0.2, -0.15) is 0 Å². The number of likely N-dealkylation sites (tertiary alicyclic amines) is 1. The van der Waals surface area contributed by atoms with Crippen molar-refractivity contribution in [2.45, 2.75) is 25.1 Å². The SMILES string of the molecule is COC1(C2CCCN(CCn3cccc3)C2)c2c(cccc2-c2ccc3ccoc3c2)C(=O)N1C. The minimum absolute atomic E-state index is 0.0206. The van der Waals surface area contributed by atoms with E-state index in [9.17, 15) is 4.79 Å². The Bertz CT molecular complexity index is 1360. The van der Waals surface area contributed by atoms with Gasteiger partial charge in [-0.05, 0) is 60.8 Å². The quantitative estimate of drug-likeness (QED) is 0.390. The van der Waals surface area contributed by atoms with Crippen LogP contribution in [0.5, 0.6) is 0 Å². The number of aromatic nitrogens is 1. The molecule has 4 aromatic rings. The molecule has 35 heavy (non-hydrogen) atoms. The molecule has 2 aromatic carbocycles. The van der Waals surface area contributed by atoms with E-state index in [4.69, 9.17) is 9.15 Å². The van der Waals surface area contributed by atoms with Crippen molar-refractivity contribution in [2.75, 3.05) is 33.8 Å². The maximum Gasteiger partial charge on any atom is 0.256 e. The number of carbonyl (C=O) groups is 1. The van der Waals surface area contributed by atoms with Crippen molar-refractivity contribution in [3.63, 3.8) is 0 Å². The van der Waals surface area contributed by atoms with Gasteiger partial charge in [0.15, 0.2) is 5.72 Å². The minimum Gasteiger partial charge on any atom is -0.464 e. The van der Waals surface area contributed by atoms with Crippen molar-refractivity contribution < 1.29 is 13.9 Å². The number of furan rings is 1. The summed E-state index contributed by atoms with van der Waals surface area (Å²) in [5.74, 6) is 0.182. The van der Waals surface area contributed by atoms with Crippen molar-refractivity contribution >= 4 is 16.9 Å². The highest BCUT2D eigenvalue weighted by molar-refractivity contribution is 6.02. The summed E-state index contributed by atoms with van der Waals surface area (Å²) in [6.45, 7) is 3.89. The monoisotopic (exact) mass is 469 g/mol.